The quantitative estimate of drug-likeness (QED) is 0.289. The van der Waals surface area contributed by atoms with Crippen molar-refractivity contribution in [3.8, 4) is 5.75 Å². The summed E-state index contributed by atoms with van der Waals surface area (Å²) in [6, 6.07) is 12.7. The van der Waals surface area contributed by atoms with Crippen molar-refractivity contribution in [2.24, 2.45) is 0 Å². The largest absolute Gasteiger partial charge is 0.495 e. The predicted molar refractivity (Wildman–Crippen MR) is 146 cm³/mol. The summed E-state index contributed by atoms with van der Waals surface area (Å²) in [5, 5.41) is 6.34. The van der Waals surface area contributed by atoms with Crippen LogP contribution in [0.3, 0.4) is 0 Å². The summed E-state index contributed by atoms with van der Waals surface area (Å²) in [6.07, 6.45) is 1.31. The fourth-order valence-electron chi connectivity index (χ4n) is 3.69. The highest BCUT2D eigenvalue weighted by molar-refractivity contribution is 9.10. The van der Waals surface area contributed by atoms with Crippen LogP contribution in [-0.4, -0.2) is 33.5 Å². The molecule has 0 aliphatic carbocycles. The summed E-state index contributed by atoms with van der Waals surface area (Å²) in [4.78, 5) is 48.4. The van der Waals surface area contributed by atoms with E-state index < -0.39 is 11.5 Å². The molecule has 0 saturated carbocycles. The Labute approximate surface area is 220 Å². The Bertz CT molecular complexity index is 1710. The zero-order valence-corrected chi connectivity index (χ0v) is 22.2. The van der Waals surface area contributed by atoms with Crippen LogP contribution in [0.25, 0.3) is 20.4 Å². The average Bonchev–Trinajstić information content (AvgIpc) is 3.41. The van der Waals surface area contributed by atoms with Crippen LogP contribution in [0.4, 0.5) is 10.8 Å². The average molecular weight is 584 g/mol. The minimum Gasteiger partial charge on any atom is -0.495 e. The van der Waals surface area contributed by atoms with E-state index in [1.807, 2.05) is 18.2 Å². The van der Waals surface area contributed by atoms with Crippen LogP contribution in [0, 0.1) is 6.92 Å². The second-order valence-corrected chi connectivity index (χ2v) is 10.7. The highest BCUT2D eigenvalue weighted by atomic mass is 79.9. The molecule has 0 fully saturated rings. The van der Waals surface area contributed by atoms with Crippen LogP contribution in [-0.2, 0) is 11.3 Å². The van der Waals surface area contributed by atoms with Gasteiger partial charge in [-0.2, -0.15) is 0 Å². The molecule has 12 heteroatoms. The standard InChI is InChI=1S/C24H18BrN5O4S2/c1-12-19-22(36-20(12)21(32)29-24-28-15-8-7-13(25)9-17(15)35-24)26-11-30(23(19)33)10-18(31)27-14-5-3-4-6-16(14)34-2/h3-9,11H,10H2,1-2H3,(H,27,31)(H,28,29,32). The first-order valence-electron chi connectivity index (χ1n) is 10.6. The molecular formula is C24H18BrN5O4S2. The molecular weight excluding hydrogens is 566 g/mol. The van der Waals surface area contributed by atoms with E-state index >= 15 is 0 Å². The number of carbonyl (C=O) groups is 2. The summed E-state index contributed by atoms with van der Waals surface area (Å²) >= 11 is 5.92. The van der Waals surface area contributed by atoms with Crippen LogP contribution in [0.15, 0.2) is 58.1 Å². The van der Waals surface area contributed by atoms with Gasteiger partial charge in [0.15, 0.2) is 5.13 Å². The van der Waals surface area contributed by atoms with Gasteiger partial charge in [0, 0.05) is 4.47 Å². The molecule has 2 N–H and O–H groups in total. The van der Waals surface area contributed by atoms with Gasteiger partial charge in [-0.15, -0.1) is 11.3 Å². The molecule has 0 unspecified atom stereocenters. The highest BCUT2D eigenvalue weighted by Crippen LogP contribution is 2.31. The number of hydrogen-bond donors (Lipinski definition) is 2. The minimum atomic E-state index is -0.406. The maximum Gasteiger partial charge on any atom is 0.267 e. The Morgan fingerprint density at radius 3 is 2.75 bits per heavy atom. The van der Waals surface area contributed by atoms with Gasteiger partial charge in [-0.05, 0) is 42.8 Å². The molecule has 2 amide bonds. The normalized spacial score (nSPS) is 11.1. The number of benzene rings is 2. The Morgan fingerprint density at radius 2 is 1.94 bits per heavy atom. The van der Waals surface area contributed by atoms with E-state index in [-0.39, 0.29) is 12.5 Å². The van der Waals surface area contributed by atoms with Gasteiger partial charge in [0.2, 0.25) is 5.91 Å². The van der Waals surface area contributed by atoms with Crippen LogP contribution in [0.1, 0.15) is 15.2 Å². The molecule has 5 aromatic rings. The lowest BCUT2D eigenvalue weighted by Gasteiger charge is -2.10. The predicted octanol–water partition coefficient (Wildman–Crippen LogP) is 5.04. The second kappa shape index (κ2) is 9.80. The molecule has 0 saturated heterocycles. The number of rotatable bonds is 6. The SMILES string of the molecule is COc1ccccc1NC(=O)Cn1cnc2sc(C(=O)Nc3nc4ccc(Br)cc4s3)c(C)c2c1=O. The van der Waals surface area contributed by atoms with Crippen molar-refractivity contribution in [1.29, 1.82) is 0 Å². The number of ether oxygens (including phenoxy) is 1. The molecule has 2 aromatic carbocycles. The molecule has 3 heterocycles. The number of methoxy groups -OCH3 is 1. The van der Waals surface area contributed by atoms with E-state index in [0.717, 1.165) is 26.0 Å². The molecule has 0 aliphatic rings. The van der Waals surface area contributed by atoms with Gasteiger partial charge in [0.05, 0.1) is 39.6 Å². The number of carbonyl (C=O) groups excluding carboxylic acids is 2. The number of thiophene rings is 1. The van der Waals surface area contributed by atoms with Crippen LogP contribution in [0.2, 0.25) is 0 Å². The number of nitrogens with one attached hydrogen (secondary N) is 2. The van der Waals surface area contributed by atoms with Crippen molar-refractivity contribution in [2.75, 3.05) is 17.7 Å². The zero-order valence-electron chi connectivity index (χ0n) is 19.0. The molecule has 0 spiro atoms. The molecule has 0 radical (unpaired) electrons. The minimum absolute atomic E-state index is 0.238. The number of nitrogens with zero attached hydrogens (tertiary/aromatic N) is 3. The van der Waals surface area contributed by atoms with Gasteiger partial charge in [0.25, 0.3) is 11.5 Å². The second-order valence-electron chi connectivity index (χ2n) is 7.75. The van der Waals surface area contributed by atoms with E-state index in [4.69, 9.17) is 4.74 Å². The molecule has 36 heavy (non-hydrogen) atoms. The monoisotopic (exact) mass is 583 g/mol. The number of halogens is 1. The van der Waals surface area contributed by atoms with E-state index in [1.165, 1.54) is 29.3 Å². The summed E-state index contributed by atoms with van der Waals surface area (Å²) in [6.45, 7) is 1.46. The van der Waals surface area contributed by atoms with Gasteiger partial charge < -0.3 is 10.1 Å². The fraction of sp³-hybridized carbons (Fsp3) is 0.125. The third-order valence-electron chi connectivity index (χ3n) is 5.39. The van der Waals surface area contributed by atoms with E-state index in [1.54, 1.807) is 31.2 Å². The summed E-state index contributed by atoms with van der Waals surface area (Å²) in [5.41, 5.74) is 1.39. The van der Waals surface area contributed by atoms with Crippen molar-refractivity contribution >= 4 is 81.7 Å². The molecule has 182 valence electrons. The number of amides is 2. The number of para-hydroxylation sites is 2. The molecule has 0 aliphatic heterocycles. The Balaban J connectivity index is 1.39. The number of anilines is 2. The van der Waals surface area contributed by atoms with E-state index in [9.17, 15) is 14.4 Å². The first-order valence-corrected chi connectivity index (χ1v) is 13.1. The van der Waals surface area contributed by atoms with Crippen molar-refractivity contribution in [3.05, 3.63) is 74.1 Å². The lowest BCUT2D eigenvalue weighted by Crippen LogP contribution is -2.28. The summed E-state index contributed by atoms with van der Waals surface area (Å²) < 4.78 is 8.33. The summed E-state index contributed by atoms with van der Waals surface area (Å²) in [5.74, 6) is -0.263. The van der Waals surface area contributed by atoms with E-state index in [0.29, 0.717) is 37.2 Å². The third-order valence-corrected chi connectivity index (χ3v) is 8.01. The van der Waals surface area contributed by atoms with Gasteiger partial charge in [-0.1, -0.05) is 39.4 Å². The molecule has 9 nitrogen and oxygen atoms in total. The van der Waals surface area contributed by atoms with Gasteiger partial charge in [0.1, 0.15) is 17.1 Å². The van der Waals surface area contributed by atoms with Crippen LogP contribution >= 0.6 is 38.6 Å². The number of aromatic nitrogens is 3. The van der Waals surface area contributed by atoms with Gasteiger partial charge >= 0.3 is 0 Å². The van der Waals surface area contributed by atoms with E-state index in [2.05, 4.69) is 36.5 Å². The van der Waals surface area contributed by atoms with Crippen molar-refractivity contribution in [1.82, 2.24) is 14.5 Å². The van der Waals surface area contributed by atoms with Gasteiger partial charge in [-0.3, -0.25) is 24.3 Å². The number of aryl methyl sites for hydroxylation is 1. The highest BCUT2D eigenvalue weighted by Gasteiger charge is 2.21. The van der Waals surface area contributed by atoms with Crippen molar-refractivity contribution in [2.45, 2.75) is 13.5 Å². The smallest absolute Gasteiger partial charge is 0.267 e. The van der Waals surface area contributed by atoms with Crippen molar-refractivity contribution in [3.63, 3.8) is 0 Å². The van der Waals surface area contributed by atoms with Crippen LogP contribution < -0.4 is 20.9 Å². The topological polar surface area (TPSA) is 115 Å². The molecule has 0 atom stereocenters. The third kappa shape index (κ3) is 4.62. The Kier molecular flexibility index (Phi) is 6.56. The molecule has 5 rings (SSSR count). The zero-order chi connectivity index (χ0) is 25.4. The maximum absolute atomic E-state index is 13.2. The maximum atomic E-state index is 13.2. The number of hydrogen-bond acceptors (Lipinski definition) is 8. The summed E-state index contributed by atoms with van der Waals surface area (Å²) in [7, 11) is 1.51. The van der Waals surface area contributed by atoms with Crippen LogP contribution in [0.5, 0.6) is 5.75 Å². The first-order chi connectivity index (χ1) is 17.3. The Hall–Kier alpha value is -3.61. The van der Waals surface area contributed by atoms with Crippen molar-refractivity contribution < 1.29 is 14.3 Å². The molecule has 3 aromatic heterocycles. The number of fused-ring (bicyclic) bond motifs is 2. The Morgan fingerprint density at radius 1 is 1.14 bits per heavy atom. The number of thiazole rings is 1. The molecule has 0 bridgehead atoms. The van der Waals surface area contributed by atoms with Gasteiger partial charge in [-0.25, -0.2) is 9.97 Å². The first kappa shape index (κ1) is 24.1. The lowest BCUT2D eigenvalue weighted by molar-refractivity contribution is -0.116. The fourth-order valence-corrected chi connectivity index (χ4v) is 6.13. The lowest BCUT2D eigenvalue weighted by atomic mass is 10.2.